The molecule has 1 N–H and O–H groups in total. The van der Waals surface area contributed by atoms with Crippen LogP contribution < -0.4 is 5.32 Å². The minimum atomic E-state index is -3.71. The van der Waals surface area contributed by atoms with E-state index in [9.17, 15) is 21.6 Å². The Labute approximate surface area is 212 Å². The average molecular weight is 540 g/mol. The molecule has 8 nitrogen and oxygen atoms in total. The van der Waals surface area contributed by atoms with Crippen molar-refractivity contribution in [3.63, 3.8) is 0 Å². The molecule has 0 aliphatic carbocycles. The van der Waals surface area contributed by atoms with Crippen LogP contribution in [0.2, 0.25) is 5.02 Å². The van der Waals surface area contributed by atoms with Crippen molar-refractivity contribution in [1.82, 2.24) is 13.9 Å². The van der Waals surface area contributed by atoms with Gasteiger partial charge >= 0.3 is 0 Å². The van der Waals surface area contributed by atoms with E-state index in [-0.39, 0.29) is 28.8 Å². The second-order valence-corrected chi connectivity index (χ2v) is 13.3. The molecular formula is C24H30ClN3O5S2. The first-order valence-electron chi connectivity index (χ1n) is 11.8. The molecule has 2 aromatic carbocycles. The van der Waals surface area contributed by atoms with Gasteiger partial charge in [0.05, 0.1) is 15.7 Å². The fraction of sp³-hybridized carbons (Fsp3) is 0.458. The molecule has 0 bridgehead atoms. The number of amides is 1. The molecule has 2 fully saturated rings. The van der Waals surface area contributed by atoms with E-state index in [1.165, 1.54) is 32.9 Å². The first-order valence-corrected chi connectivity index (χ1v) is 15.1. The van der Waals surface area contributed by atoms with Gasteiger partial charge in [0.1, 0.15) is 0 Å². The number of sulfonamides is 2. The second-order valence-electron chi connectivity index (χ2n) is 8.98. The predicted octanol–water partition coefficient (Wildman–Crippen LogP) is 3.23. The SMILES string of the molecule is O=C(NCc1ccc(S(=O)(=O)N2CCCCC2)cc1)[C@H]1CCCN(S(=O)(=O)c2ccc(Cl)cc2)C1. The first-order chi connectivity index (χ1) is 16.7. The molecule has 1 amide bonds. The van der Waals surface area contributed by atoms with Crippen LogP contribution in [0.3, 0.4) is 0 Å². The third-order valence-corrected chi connectivity index (χ3v) is 10.6. The molecule has 0 unspecified atom stereocenters. The molecule has 190 valence electrons. The summed E-state index contributed by atoms with van der Waals surface area (Å²) in [6, 6.07) is 12.6. The van der Waals surface area contributed by atoms with E-state index in [0.29, 0.717) is 37.5 Å². The maximum Gasteiger partial charge on any atom is 0.243 e. The summed E-state index contributed by atoms with van der Waals surface area (Å²) in [5.74, 6) is -0.671. The highest BCUT2D eigenvalue weighted by Gasteiger charge is 2.33. The minimum Gasteiger partial charge on any atom is -0.352 e. The Morgan fingerprint density at radius 1 is 0.800 bits per heavy atom. The second kappa shape index (κ2) is 11.0. The number of piperidine rings is 2. The quantitative estimate of drug-likeness (QED) is 0.582. The van der Waals surface area contributed by atoms with Gasteiger partial charge in [0.2, 0.25) is 26.0 Å². The van der Waals surface area contributed by atoms with Crippen LogP contribution in [0.5, 0.6) is 0 Å². The van der Waals surface area contributed by atoms with E-state index in [2.05, 4.69) is 5.32 Å². The number of carbonyl (C=O) groups is 1. The number of hydrogen-bond donors (Lipinski definition) is 1. The normalized spacial score (nSPS) is 20.4. The van der Waals surface area contributed by atoms with Crippen LogP contribution in [-0.4, -0.2) is 57.5 Å². The third-order valence-electron chi connectivity index (χ3n) is 6.55. The number of halogens is 1. The zero-order valence-corrected chi connectivity index (χ0v) is 21.8. The summed E-state index contributed by atoms with van der Waals surface area (Å²) in [5.41, 5.74) is 0.775. The first kappa shape index (κ1) is 26.1. The molecule has 0 radical (unpaired) electrons. The van der Waals surface area contributed by atoms with Crippen molar-refractivity contribution in [2.45, 2.75) is 48.4 Å². The van der Waals surface area contributed by atoms with Gasteiger partial charge < -0.3 is 5.32 Å². The van der Waals surface area contributed by atoms with E-state index in [1.54, 1.807) is 24.3 Å². The molecule has 2 saturated heterocycles. The predicted molar refractivity (Wildman–Crippen MR) is 134 cm³/mol. The highest BCUT2D eigenvalue weighted by Crippen LogP contribution is 2.25. The molecule has 0 spiro atoms. The van der Waals surface area contributed by atoms with Crippen LogP contribution in [0.15, 0.2) is 58.3 Å². The van der Waals surface area contributed by atoms with Gasteiger partial charge in [-0.05, 0) is 67.6 Å². The van der Waals surface area contributed by atoms with E-state index >= 15 is 0 Å². The van der Waals surface area contributed by atoms with Crippen molar-refractivity contribution in [3.05, 3.63) is 59.1 Å². The van der Waals surface area contributed by atoms with Crippen molar-refractivity contribution in [1.29, 1.82) is 0 Å². The zero-order chi connectivity index (χ0) is 25.1. The van der Waals surface area contributed by atoms with Gasteiger partial charge in [-0.25, -0.2) is 16.8 Å². The molecule has 2 aliphatic rings. The Hall–Kier alpha value is -1.98. The molecular weight excluding hydrogens is 510 g/mol. The molecule has 2 heterocycles. The summed E-state index contributed by atoms with van der Waals surface area (Å²) >= 11 is 5.87. The average Bonchev–Trinajstić information content (AvgIpc) is 2.88. The molecule has 4 rings (SSSR count). The molecule has 1 atom stereocenters. The largest absolute Gasteiger partial charge is 0.352 e. The number of carbonyl (C=O) groups excluding carboxylic acids is 1. The van der Waals surface area contributed by atoms with Crippen LogP contribution in [0.25, 0.3) is 0 Å². The highest BCUT2D eigenvalue weighted by atomic mass is 35.5. The molecule has 0 aromatic heterocycles. The molecule has 11 heteroatoms. The van der Waals surface area contributed by atoms with Gasteiger partial charge in [-0.1, -0.05) is 30.2 Å². The summed E-state index contributed by atoms with van der Waals surface area (Å²) in [6.07, 6.45) is 4.00. The fourth-order valence-corrected chi connectivity index (χ4v) is 7.66. The van der Waals surface area contributed by atoms with Crippen LogP contribution >= 0.6 is 11.6 Å². The van der Waals surface area contributed by atoms with E-state index < -0.39 is 26.0 Å². The van der Waals surface area contributed by atoms with Crippen molar-refractivity contribution in [3.8, 4) is 0 Å². The highest BCUT2D eigenvalue weighted by molar-refractivity contribution is 7.89. The summed E-state index contributed by atoms with van der Waals surface area (Å²) in [4.78, 5) is 13.2. The summed E-state index contributed by atoms with van der Waals surface area (Å²) < 4.78 is 54.4. The standard InChI is InChI=1S/C24H30ClN3O5S2/c25-21-8-12-23(13-9-21)35(32,33)28-16-4-5-20(18-28)24(29)26-17-19-6-10-22(11-7-19)34(30,31)27-14-2-1-3-15-27/h6-13,20H,1-5,14-18H2,(H,26,29)/t20-/m0/s1. The van der Waals surface area contributed by atoms with Crippen LogP contribution in [0.1, 0.15) is 37.7 Å². The fourth-order valence-electron chi connectivity index (χ4n) is 4.50. The lowest BCUT2D eigenvalue weighted by Crippen LogP contribution is -2.45. The zero-order valence-electron chi connectivity index (χ0n) is 19.4. The van der Waals surface area contributed by atoms with E-state index in [1.807, 2.05) is 0 Å². The number of nitrogens with zero attached hydrogens (tertiary/aromatic N) is 2. The van der Waals surface area contributed by atoms with Crippen molar-refractivity contribution in [2.24, 2.45) is 5.92 Å². The van der Waals surface area contributed by atoms with Gasteiger partial charge in [0.15, 0.2) is 0 Å². The Morgan fingerprint density at radius 3 is 1.97 bits per heavy atom. The lowest BCUT2D eigenvalue weighted by Gasteiger charge is -2.31. The van der Waals surface area contributed by atoms with Crippen LogP contribution in [0.4, 0.5) is 0 Å². The van der Waals surface area contributed by atoms with Gasteiger partial charge in [-0.15, -0.1) is 0 Å². The number of rotatable bonds is 7. The number of nitrogens with one attached hydrogen (secondary N) is 1. The molecule has 2 aromatic rings. The van der Waals surface area contributed by atoms with Crippen LogP contribution in [-0.2, 0) is 31.4 Å². The smallest absolute Gasteiger partial charge is 0.243 e. The van der Waals surface area contributed by atoms with Gasteiger partial charge in [-0.3, -0.25) is 4.79 Å². The summed E-state index contributed by atoms with van der Waals surface area (Å²) in [7, 11) is -7.20. The maximum absolute atomic E-state index is 13.0. The Kier molecular flexibility index (Phi) is 8.17. The Balaban J connectivity index is 1.34. The molecule has 0 saturated carbocycles. The van der Waals surface area contributed by atoms with E-state index in [0.717, 1.165) is 24.8 Å². The molecule has 2 aliphatic heterocycles. The van der Waals surface area contributed by atoms with Gasteiger partial charge in [-0.2, -0.15) is 8.61 Å². The number of benzene rings is 2. The Morgan fingerprint density at radius 2 is 1.34 bits per heavy atom. The van der Waals surface area contributed by atoms with Crippen LogP contribution in [0, 0.1) is 5.92 Å². The van der Waals surface area contributed by atoms with Gasteiger partial charge in [0, 0.05) is 37.7 Å². The maximum atomic E-state index is 13.0. The summed E-state index contributed by atoms with van der Waals surface area (Å²) in [6.45, 7) is 1.81. The van der Waals surface area contributed by atoms with Crippen molar-refractivity contribution < 1.29 is 21.6 Å². The minimum absolute atomic E-state index is 0.115. The van der Waals surface area contributed by atoms with E-state index in [4.69, 9.17) is 11.6 Å². The van der Waals surface area contributed by atoms with Crippen molar-refractivity contribution >= 4 is 37.6 Å². The topological polar surface area (TPSA) is 104 Å². The lowest BCUT2D eigenvalue weighted by atomic mass is 9.99. The number of hydrogen-bond acceptors (Lipinski definition) is 5. The lowest BCUT2D eigenvalue weighted by molar-refractivity contribution is -0.126. The van der Waals surface area contributed by atoms with Gasteiger partial charge in [0.25, 0.3) is 0 Å². The Bertz CT molecular complexity index is 1240. The molecule has 35 heavy (non-hydrogen) atoms. The monoisotopic (exact) mass is 539 g/mol. The summed E-state index contributed by atoms with van der Waals surface area (Å²) in [5, 5.41) is 3.33. The van der Waals surface area contributed by atoms with Crippen molar-refractivity contribution in [2.75, 3.05) is 26.2 Å². The third kappa shape index (κ3) is 6.06.